The number of nitrogens with zero attached hydrogens (tertiary/aromatic N) is 3. The van der Waals surface area contributed by atoms with Crippen LogP contribution in [0.3, 0.4) is 0 Å². The second-order valence-electron chi connectivity index (χ2n) is 6.90. The Morgan fingerprint density at radius 2 is 2.00 bits per heavy atom. The standard InChI is InChI=1S/C21H22N4O2/c26-20(9-12-25-11-4-10-22-25)23-18-13-21(27)24(15-18)14-17-7-3-6-16-5-1-2-8-19(16)17/h1-8,10-11,18H,9,12-15H2,(H,23,26)/t18-/m0/s1. The van der Waals surface area contributed by atoms with Crippen LogP contribution in [0, 0.1) is 0 Å². The van der Waals surface area contributed by atoms with E-state index in [0.29, 0.717) is 32.5 Å². The van der Waals surface area contributed by atoms with Crippen molar-refractivity contribution < 1.29 is 9.59 Å². The van der Waals surface area contributed by atoms with Gasteiger partial charge in [0.2, 0.25) is 11.8 Å². The van der Waals surface area contributed by atoms with E-state index >= 15 is 0 Å². The molecule has 0 unspecified atom stereocenters. The van der Waals surface area contributed by atoms with E-state index < -0.39 is 0 Å². The summed E-state index contributed by atoms with van der Waals surface area (Å²) in [5.41, 5.74) is 1.13. The first kappa shape index (κ1) is 17.3. The molecule has 2 aromatic carbocycles. The molecular weight excluding hydrogens is 340 g/mol. The first-order chi connectivity index (χ1) is 13.2. The molecule has 1 aliphatic rings. The third kappa shape index (κ3) is 4.00. The lowest BCUT2D eigenvalue weighted by atomic mass is 10.0. The Kier molecular flexibility index (Phi) is 4.87. The number of carbonyl (C=O) groups excluding carboxylic acids is 2. The molecule has 1 fully saturated rings. The highest BCUT2D eigenvalue weighted by molar-refractivity contribution is 5.87. The van der Waals surface area contributed by atoms with Gasteiger partial charge in [0, 0.05) is 44.9 Å². The van der Waals surface area contributed by atoms with Crippen LogP contribution in [0.1, 0.15) is 18.4 Å². The minimum Gasteiger partial charge on any atom is -0.351 e. The zero-order valence-electron chi connectivity index (χ0n) is 15.0. The maximum absolute atomic E-state index is 12.4. The lowest BCUT2D eigenvalue weighted by Gasteiger charge is -2.18. The molecule has 138 valence electrons. The smallest absolute Gasteiger partial charge is 0.225 e. The molecule has 2 amide bonds. The normalized spacial score (nSPS) is 16.8. The molecule has 1 aromatic heterocycles. The van der Waals surface area contributed by atoms with E-state index in [2.05, 4.69) is 34.7 Å². The predicted octanol–water partition coefficient (Wildman–Crippen LogP) is 2.34. The van der Waals surface area contributed by atoms with Gasteiger partial charge >= 0.3 is 0 Å². The highest BCUT2D eigenvalue weighted by Crippen LogP contribution is 2.22. The Morgan fingerprint density at radius 3 is 2.85 bits per heavy atom. The molecular formula is C21H22N4O2. The van der Waals surface area contributed by atoms with Crippen molar-refractivity contribution in [3.05, 3.63) is 66.5 Å². The summed E-state index contributed by atoms with van der Waals surface area (Å²) in [4.78, 5) is 26.4. The van der Waals surface area contributed by atoms with Crippen LogP contribution in [-0.4, -0.2) is 39.1 Å². The van der Waals surface area contributed by atoms with Gasteiger partial charge in [-0.1, -0.05) is 42.5 Å². The van der Waals surface area contributed by atoms with Crippen LogP contribution in [-0.2, 0) is 22.7 Å². The van der Waals surface area contributed by atoms with Crippen LogP contribution in [0.25, 0.3) is 10.8 Å². The van der Waals surface area contributed by atoms with E-state index in [-0.39, 0.29) is 17.9 Å². The van der Waals surface area contributed by atoms with Gasteiger partial charge < -0.3 is 10.2 Å². The highest BCUT2D eigenvalue weighted by atomic mass is 16.2. The topological polar surface area (TPSA) is 67.2 Å². The second-order valence-corrected chi connectivity index (χ2v) is 6.90. The summed E-state index contributed by atoms with van der Waals surface area (Å²) >= 11 is 0. The van der Waals surface area contributed by atoms with Crippen molar-refractivity contribution in [3.63, 3.8) is 0 Å². The molecule has 0 saturated carbocycles. The molecule has 6 heteroatoms. The first-order valence-electron chi connectivity index (χ1n) is 9.20. The van der Waals surface area contributed by atoms with E-state index in [1.807, 2.05) is 35.4 Å². The van der Waals surface area contributed by atoms with Crippen LogP contribution in [0.15, 0.2) is 60.9 Å². The minimum atomic E-state index is -0.127. The average molecular weight is 362 g/mol. The first-order valence-corrected chi connectivity index (χ1v) is 9.20. The monoisotopic (exact) mass is 362 g/mol. The number of fused-ring (bicyclic) bond motifs is 1. The Morgan fingerprint density at radius 1 is 1.15 bits per heavy atom. The molecule has 1 atom stereocenters. The fraction of sp³-hybridized carbons (Fsp3) is 0.286. The Bertz CT molecular complexity index is 946. The fourth-order valence-electron chi connectivity index (χ4n) is 3.61. The lowest BCUT2D eigenvalue weighted by Crippen LogP contribution is -2.37. The van der Waals surface area contributed by atoms with E-state index in [9.17, 15) is 9.59 Å². The number of benzene rings is 2. The van der Waals surface area contributed by atoms with Crippen LogP contribution in [0.4, 0.5) is 0 Å². The molecule has 0 aliphatic carbocycles. The molecule has 0 radical (unpaired) electrons. The Labute approximate surface area is 157 Å². The van der Waals surface area contributed by atoms with Gasteiger partial charge in [-0.2, -0.15) is 5.10 Å². The number of aryl methyl sites for hydroxylation is 1. The molecule has 2 heterocycles. The zero-order valence-corrected chi connectivity index (χ0v) is 15.0. The van der Waals surface area contributed by atoms with E-state index in [1.54, 1.807) is 10.9 Å². The van der Waals surface area contributed by atoms with Gasteiger partial charge in [-0.25, -0.2) is 0 Å². The second kappa shape index (κ2) is 7.61. The summed E-state index contributed by atoms with van der Waals surface area (Å²) in [5.74, 6) is 0.0376. The quantitative estimate of drug-likeness (QED) is 0.732. The molecule has 1 N–H and O–H groups in total. The Balaban J connectivity index is 1.35. The number of likely N-dealkylation sites (tertiary alicyclic amines) is 1. The number of rotatable bonds is 6. The molecule has 4 rings (SSSR count). The largest absolute Gasteiger partial charge is 0.351 e. The van der Waals surface area contributed by atoms with Crippen molar-refractivity contribution in [3.8, 4) is 0 Å². The number of hydrogen-bond donors (Lipinski definition) is 1. The highest BCUT2D eigenvalue weighted by Gasteiger charge is 2.30. The molecule has 1 saturated heterocycles. The fourth-order valence-corrected chi connectivity index (χ4v) is 3.61. The van der Waals surface area contributed by atoms with Crippen molar-refractivity contribution in [1.29, 1.82) is 0 Å². The van der Waals surface area contributed by atoms with Gasteiger partial charge in [-0.3, -0.25) is 14.3 Å². The summed E-state index contributed by atoms with van der Waals surface area (Å²) in [5, 5.41) is 9.41. The summed E-state index contributed by atoms with van der Waals surface area (Å²) in [6.45, 7) is 1.66. The van der Waals surface area contributed by atoms with Crippen LogP contribution in [0.2, 0.25) is 0 Å². The molecule has 1 aliphatic heterocycles. The number of carbonyl (C=O) groups is 2. The molecule has 0 spiro atoms. The van der Waals surface area contributed by atoms with E-state index in [4.69, 9.17) is 0 Å². The molecule has 27 heavy (non-hydrogen) atoms. The van der Waals surface area contributed by atoms with Crippen LogP contribution < -0.4 is 5.32 Å². The van der Waals surface area contributed by atoms with Crippen molar-refractivity contribution in [1.82, 2.24) is 20.0 Å². The maximum Gasteiger partial charge on any atom is 0.225 e. The van der Waals surface area contributed by atoms with Crippen LogP contribution >= 0.6 is 0 Å². The summed E-state index contributed by atoms with van der Waals surface area (Å²) in [6.07, 6.45) is 4.24. The van der Waals surface area contributed by atoms with Crippen LogP contribution in [0.5, 0.6) is 0 Å². The van der Waals surface area contributed by atoms with Crippen molar-refractivity contribution >= 4 is 22.6 Å². The molecule has 3 aromatic rings. The summed E-state index contributed by atoms with van der Waals surface area (Å²) in [6, 6.07) is 16.1. The number of aromatic nitrogens is 2. The molecule has 0 bridgehead atoms. The lowest BCUT2D eigenvalue weighted by molar-refractivity contribution is -0.128. The third-order valence-corrected chi connectivity index (χ3v) is 4.95. The zero-order chi connectivity index (χ0) is 18.6. The minimum absolute atomic E-state index is 0.0460. The van der Waals surface area contributed by atoms with Gasteiger partial charge in [-0.15, -0.1) is 0 Å². The number of hydrogen-bond acceptors (Lipinski definition) is 3. The number of amides is 2. The van der Waals surface area contributed by atoms with Gasteiger partial charge in [0.1, 0.15) is 0 Å². The molecule has 6 nitrogen and oxygen atoms in total. The maximum atomic E-state index is 12.4. The van der Waals surface area contributed by atoms with Crippen molar-refractivity contribution in [2.45, 2.75) is 32.0 Å². The third-order valence-electron chi connectivity index (χ3n) is 4.95. The van der Waals surface area contributed by atoms with Gasteiger partial charge in [0.25, 0.3) is 0 Å². The van der Waals surface area contributed by atoms with E-state index in [1.165, 1.54) is 10.8 Å². The van der Waals surface area contributed by atoms with Crippen molar-refractivity contribution in [2.75, 3.05) is 6.54 Å². The Hall–Kier alpha value is -3.15. The average Bonchev–Trinajstić information content (AvgIpc) is 3.30. The summed E-state index contributed by atoms with van der Waals surface area (Å²) < 4.78 is 1.73. The predicted molar refractivity (Wildman–Crippen MR) is 103 cm³/mol. The van der Waals surface area contributed by atoms with Gasteiger partial charge in [-0.05, 0) is 22.4 Å². The van der Waals surface area contributed by atoms with E-state index in [0.717, 1.165) is 5.56 Å². The summed E-state index contributed by atoms with van der Waals surface area (Å²) in [7, 11) is 0. The van der Waals surface area contributed by atoms with Gasteiger partial charge in [0.15, 0.2) is 0 Å². The SMILES string of the molecule is O=C(CCn1cccn1)N[C@H]1CC(=O)N(Cc2cccc3ccccc23)C1. The van der Waals surface area contributed by atoms with Crippen molar-refractivity contribution in [2.24, 2.45) is 0 Å². The number of nitrogens with one attached hydrogen (secondary N) is 1. The van der Waals surface area contributed by atoms with Gasteiger partial charge in [0.05, 0.1) is 6.04 Å².